The largest absolute Gasteiger partial charge is 0.354 e. The zero-order valence-electron chi connectivity index (χ0n) is 13.6. The number of likely N-dealkylation sites (tertiary alicyclic amines) is 1. The minimum absolute atomic E-state index is 0.0523. The fourth-order valence-electron chi connectivity index (χ4n) is 3.73. The average Bonchev–Trinajstić information content (AvgIpc) is 3.04. The Morgan fingerprint density at radius 3 is 2.83 bits per heavy atom. The predicted molar refractivity (Wildman–Crippen MR) is 87.8 cm³/mol. The highest BCUT2D eigenvalue weighted by atomic mass is 32.2. The summed E-state index contributed by atoms with van der Waals surface area (Å²) in [7, 11) is -1.55. The Balaban J connectivity index is 1.60. The van der Waals surface area contributed by atoms with E-state index in [0.717, 1.165) is 25.2 Å². The van der Waals surface area contributed by atoms with Crippen molar-refractivity contribution in [1.82, 2.24) is 15.5 Å². The van der Waals surface area contributed by atoms with Gasteiger partial charge in [0.05, 0.1) is 16.1 Å². The van der Waals surface area contributed by atoms with Crippen LogP contribution in [0.2, 0.25) is 0 Å². The van der Waals surface area contributed by atoms with Gasteiger partial charge in [0.25, 0.3) is 0 Å². The Bertz CT molecular complexity index is 723. The summed E-state index contributed by atoms with van der Waals surface area (Å²) >= 11 is 0. The quantitative estimate of drug-likeness (QED) is 0.720. The van der Waals surface area contributed by atoms with Crippen LogP contribution < -0.4 is 10.6 Å². The maximum absolute atomic E-state index is 12.9. The molecule has 2 saturated heterocycles. The minimum atomic E-state index is -3.54. The van der Waals surface area contributed by atoms with Gasteiger partial charge in [-0.2, -0.15) is 0 Å². The molecule has 0 bridgehead atoms. The lowest BCUT2D eigenvalue weighted by Crippen LogP contribution is -2.48. The van der Waals surface area contributed by atoms with E-state index >= 15 is 0 Å². The highest BCUT2D eigenvalue weighted by Gasteiger charge is 2.53. The van der Waals surface area contributed by atoms with Crippen molar-refractivity contribution < 1.29 is 17.6 Å². The summed E-state index contributed by atoms with van der Waals surface area (Å²) < 4.78 is 37.4. The number of benzene rings is 1. The number of amides is 1. The summed E-state index contributed by atoms with van der Waals surface area (Å²) in [6.07, 6.45) is 0. The zero-order valence-corrected chi connectivity index (χ0v) is 14.4. The van der Waals surface area contributed by atoms with Gasteiger partial charge in [0, 0.05) is 38.6 Å². The van der Waals surface area contributed by atoms with E-state index in [9.17, 15) is 17.6 Å². The van der Waals surface area contributed by atoms with Crippen LogP contribution in [0.1, 0.15) is 0 Å². The second-order valence-corrected chi connectivity index (χ2v) is 8.82. The molecule has 0 aliphatic carbocycles. The van der Waals surface area contributed by atoms with Gasteiger partial charge in [0.2, 0.25) is 5.91 Å². The van der Waals surface area contributed by atoms with Crippen molar-refractivity contribution in [3.8, 4) is 0 Å². The van der Waals surface area contributed by atoms with Gasteiger partial charge < -0.3 is 15.5 Å². The maximum Gasteiger partial charge on any atom is 0.229 e. The van der Waals surface area contributed by atoms with E-state index in [2.05, 4.69) is 15.5 Å². The van der Waals surface area contributed by atoms with Crippen molar-refractivity contribution in [2.24, 2.45) is 11.3 Å². The molecule has 0 radical (unpaired) electrons. The SMILES string of the molecule is CN1C[C@H]2CNC[C@@]2(C(=O)NCCS(=O)(=O)c2ccc(F)cc2)C1. The van der Waals surface area contributed by atoms with E-state index in [1.54, 1.807) is 0 Å². The van der Waals surface area contributed by atoms with Crippen molar-refractivity contribution in [3.05, 3.63) is 30.1 Å². The monoisotopic (exact) mass is 355 g/mol. The second kappa shape index (κ2) is 6.42. The fraction of sp³-hybridized carbons (Fsp3) is 0.562. The summed E-state index contributed by atoms with van der Waals surface area (Å²) in [5.74, 6) is -0.507. The summed E-state index contributed by atoms with van der Waals surface area (Å²) in [5.41, 5.74) is -0.464. The number of hydrogen-bond acceptors (Lipinski definition) is 5. The van der Waals surface area contributed by atoms with Crippen LogP contribution >= 0.6 is 0 Å². The smallest absolute Gasteiger partial charge is 0.229 e. The van der Waals surface area contributed by atoms with Crippen molar-refractivity contribution in [3.63, 3.8) is 0 Å². The minimum Gasteiger partial charge on any atom is -0.354 e. The number of carbonyl (C=O) groups excluding carboxylic acids is 1. The van der Waals surface area contributed by atoms with Crippen molar-refractivity contribution >= 4 is 15.7 Å². The Labute approximate surface area is 141 Å². The first kappa shape index (κ1) is 17.3. The summed E-state index contributed by atoms with van der Waals surface area (Å²) in [6.45, 7) is 3.04. The normalized spacial score (nSPS) is 27.2. The van der Waals surface area contributed by atoms with Crippen LogP contribution in [0, 0.1) is 17.2 Å². The van der Waals surface area contributed by atoms with E-state index in [-0.39, 0.29) is 29.0 Å². The molecule has 0 aromatic heterocycles. The third-order valence-electron chi connectivity index (χ3n) is 4.98. The maximum atomic E-state index is 12.9. The Morgan fingerprint density at radius 2 is 2.12 bits per heavy atom. The third-order valence-corrected chi connectivity index (χ3v) is 6.71. The standard InChI is InChI=1S/C16H22FN3O3S/c1-20-9-12-8-18-10-16(12,11-20)15(21)19-6-7-24(22,23)14-4-2-13(17)3-5-14/h2-5,12,18H,6-11H2,1H3,(H,19,21)/t12-,16-/m1/s1. The van der Waals surface area contributed by atoms with Crippen LogP contribution in [-0.4, -0.2) is 64.7 Å². The topological polar surface area (TPSA) is 78.5 Å². The number of halogens is 1. The lowest BCUT2D eigenvalue weighted by molar-refractivity contribution is -0.130. The number of nitrogens with one attached hydrogen (secondary N) is 2. The lowest BCUT2D eigenvalue weighted by atomic mass is 9.80. The van der Waals surface area contributed by atoms with E-state index in [0.29, 0.717) is 13.1 Å². The number of fused-ring (bicyclic) bond motifs is 1. The van der Waals surface area contributed by atoms with Crippen molar-refractivity contribution in [2.75, 3.05) is 45.5 Å². The van der Waals surface area contributed by atoms with E-state index in [4.69, 9.17) is 0 Å². The molecular formula is C16H22FN3O3S. The molecule has 6 nitrogen and oxygen atoms in total. The predicted octanol–water partition coefficient (Wildman–Crippen LogP) is -0.133. The molecule has 132 valence electrons. The number of hydrogen-bond donors (Lipinski definition) is 2. The first-order valence-electron chi connectivity index (χ1n) is 7.99. The van der Waals surface area contributed by atoms with Crippen LogP contribution in [0.15, 0.2) is 29.2 Å². The molecular weight excluding hydrogens is 333 g/mol. The number of carbonyl (C=O) groups is 1. The van der Waals surface area contributed by atoms with Crippen molar-refractivity contribution in [1.29, 1.82) is 0 Å². The molecule has 0 saturated carbocycles. The molecule has 1 aromatic rings. The fourth-order valence-corrected chi connectivity index (χ4v) is 4.89. The van der Waals surface area contributed by atoms with Gasteiger partial charge in [-0.1, -0.05) is 0 Å². The van der Waals surface area contributed by atoms with Gasteiger partial charge in [0.1, 0.15) is 5.82 Å². The molecule has 1 aromatic carbocycles. The second-order valence-electron chi connectivity index (χ2n) is 6.71. The van der Waals surface area contributed by atoms with Gasteiger partial charge in [-0.05, 0) is 31.3 Å². The van der Waals surface area contributed by atoms with Crippen molar-refractivity contribution in [2.45, 2.75) is 4.90 Å². The first-order valence-corrected chi connectivity index (χ1v) is 9.65. The van der Waals surface area contributed by atoms with Crippen LogP contribution in [0.4, 0.5) is 4.39 Å². The number of sulfone groups is 1. The number of rotatable bonds is 5. The van der Waals surface area contributed by atoms with Gasteiger partial charge in [0.15, 0.2) is 9.84 Å². The Kier molecular flexibility index (Phi) is 4.63. The van der Waals surface area contributed by atoms with Crippen LogP contribution in [0.3, 0.4) is 0 Å². The first-order chi connectivity index (χ1) is 11.3. The molecule has 2 atom stereocenters. The Morgan fingerprint density at radius 1 is 1.42 bits per heavy atom. The molecule has 24 heavy (non-hydrogen) atoms. The highest BCUT2D eigenvalue weighted by Crippen LogP contribution is 2.38. The van der Waals surface area contributed by atoms with Crippen LogP contribution in [-0.2, 0) is 14.6 Å². The molecule has 2 N–H and O–H groups in total. The summed E-state index contributed by atoms with van der Waals surface area (Å²) in [6, 6.07) is 4.73. The Hall–Kier alpha value is -1.51. The molecule has 8 heteroatoms. The average molecular weight is 355 g/mol. The van der Waals surface area contributed by atoms with Gasteiger partial charge in [-0.25, -0.2) is 12.8 Å². The van der Waals surface area contributed by atoms with Gasteiger partial charge >= 0.3 is 0 Å². The number of nitrogens with zero attached hydrogens (tertiary/aromatic N) is 1. The molecule has 0 unspecified atom stereocenters. The molecule has 2 aliphatic rings. The van der Waals surface area contributed by atoms with Crippen LogP contribution in [0.25, 0.3) is 0 Å². The van der Waals surface area contributed by atoms with E-state index in [1.165, 1.54) is 12.1 Å². The lowest BCUT2D eigenvalue weighted by Gasteiger charge is -2.26. The van der Waals surface area contributed by atoms with E-state index < -0.39 is 21.1 Å². The molecule has 3 rings (SSSR count). The van der Waals surface area contributed by atoms with Gasteiger partial charge in [-0.15, -0.1) is 0 Å². The summed E-state index contributed by atoms with van der Waals surface area (Å²) in [5, 5.41) is 6.05. The molecule has 2 heterocycles. The summed E-state index contributed by atoms with van der Waals surface area (Å²) in [4.78, 5) is 14.8. The van der Waals surface area contributed by atoms with Gasteiger partial charge in [-0.3, -0.25) is 4.79 Å². The molecule has 0 spiro atoms. The van der Waals surface area contributed by atoms with E-state index in [1.807, 2.05) is 7.05 Å². The highest BCUT2D eigenvalue weighted by molar-refractivity contribution is 7.91. The molecule has 2 aliphatic heterocycles. The molecule has 2 fully saturated rings. The zero-order chi connectivity index (χ0) is 17.4. The third kappa shape index (κ3) is 3.18. The molecule has 1 amide bonds. The van der Waals surface area contributed by atoms with Crippen LogP contribution in [0.5, 0.6) is 0 Å².